The van der Waals surface area contributed by atoms with Crippen LogP contribution in [0.3, 0.4) is 0 Å². The van der Waals surface area contributed by atoms with Crippen LogP contribution >= 0.6 is 0 Å². The van der Waals surface area contributed by atoms with E-state index in [9.17, 15) is 19.6 Å². The summed E-state index contributed by atoms with van der Waals surface area (Å²) in [6, 6.07) is 16.5. The van der Waals surface area contributed by atoms with E-state index in [2.05, 4.69) is 5.32 Å². The summed E-state index contributed by atoms with van der Waals surface area (Å²) in [6.07, 6.45) is 3.08. The minimum Gasteiger partial charge on any atom is -0.619 e. The number of carbonyl (C=O) groups excluding carboxylic acids is 3. The number of hydrogen-bond donors (Lipinski definition) is 2. The van der Waals surface area contributed by atoms with E-state index in [1.165, 1.54) is 19.5 Å². The quantitative estimate of drug-likeness (QED) is 0.311. The average molecular weight is 447 g/mol. The van der Waals surface area contributed by atoms with Crippen LogP contribution < -0.4 is 15.8 Å². The number of amides is 2. The molecule has 3 aromatic rings. The van der Waals surface area contributed by atoms with E-state index in [0.29, 0.717) is 15.9 Å². The number of hydrogen-bond acceptors (Lipinski definition) is 5. The number of methoxy groups -OCH3 is 1. The Morgan fingerprint density at radius 3 is 2.24 bits per heavy atom. The summed E-state index contributed by atoms with van der Waals surface area (Å²) in [5, 5.41) is 14.1. The first-order chi connectivity index (χ1) is 15.8. The van der Waals surface area contributed by atoms with E-state index in [4.69, 9.17) is 10.5 Å². The highest BCUT2D eigenvalue weighted by molar-refractivity contribution is 5.95. The maximum absolute atomic E-state index is 12.8. The summed E-state index contributed by atoms with van der Waals surface area (Å²) in [4.78, 5) is 36.7. The van der Waals surface area contributed by atoms with E-state index in [-0.39, 0.29) is 12.3 Å². The highest BCUT2D eigenvalue weighted by atomic mass is 16.5. The van der Waals surface area contributed by atoms with Crippen LogP contribution in [0.2, 0.25) is 0 Å². The number of aromatic nitrogens is 1. The zero-order valence-corrected chi connectivity index (χ0v) is 18.4. The van der Waals surface area contributed by atoms with Gasteiger partial charge < -0.3 is 21.0 Å². The monoisotopic (exact) mass is 447 g/mol. The molecule has 0 radical (unpaired) electrons. The van der Waals surface area contributed by atoms with Crippen molar-refractivity contribution in [2.24, 2.45) is 11.7 Å². The van der Waals surface area contributed by atoms with Gasteiger partial charge in [0.15, 0.2) is 12.4 Å². The molecule has 3 N–H and O–H groups in total. The summed E-state index contributed by atoms with van der Waals surface area (Å²) >= 11 is 0. The molecule has 0 saturated carbocycles. The van der Waals surface area contributed by atoms with Gasteiger partial charge in [0, 0.05) is 29.3 Å². The van der Waals surface area contributed by atoms with Gasteiger partial charge in [-0.2, -0.15) is 4.73 Å². The molecule has 0 bridgehead atoms. The first kappa shape index (κ1) is 23.5. The van der Waals surface area contributed by atoms with Crippen molar-refractivity contribution in [2.75, 3.05) is 7.11 Å². The number of nitrogens with zero attached hydrogens (tertiary/aromatic N) is 1. The summed E-state index contributed by atoms with van der Waals surface area (Å²) in [6.45, 7) is 1.73. The zero-order chi connectivity index (χ0) is 24.0. The van der Waals surface area contributed by atoms with E-state index in [1.807, 2.05) is 0 Å². The third kappa shape index (κ3) is 5.94. The molecule has 2 atom stereocenters. The summed E-state index contributed by atoms with van der Waals surface area (Å²) in [5.74, 6) is -2.02. The molecule has 8 heteroatoms. The van der Waals surface area contributed by atoms with Gasteiger partial charge in [0.05, 0.1) is 13.0 Å². The van der Waals surface area contributed by atoms with Gasteiger partial charge >= 0.3 is 5.97 Å². The molecule has 0 spiro atoms. The Morgan fingerprint density at radius 1 is 1.00 bits per heavy atom. The van der Waals surface area contributed by atoms with Crippen molar-refractivity contribution in [3.63, 3.8) is 0 Å². The number of nitrogens with two attached hydrogens (primary N) is 1. The minimum atomic E-state index is -0.663. The Labute approximate surface area is 191 Å². The van der Waals surface area contributed by atoms with Crippen molar-refractivity contribution in [1.82, 2.24) is 5.32 Å². The van der Waals surface area contributed by atoms with Crippen molar-refractivity contribution in [3.8, 4) is 11.1 Å². The molecule has 2 amide bonds. The Morgan fingerprint density at radius 2 is 1.64 bits per heavy atom. The van der Waals surface area contributed by atoms with Gasteiger partial charge in [-0.1, -0.05) is 24.3 Å². The van der Waals surface area contributed by atoms with Gasteiger partial charge in [0.2, 0.25) is 5.91 Å². The van der Waals surface area contributed by atoms with E-state index in [0.717, 1.165) is 16.7 Å². The van der Waals surface area contributed by atoms with Gasteiger partial charge in [0.1, 0.15) is 0 Å². The summed E-state index contributed by atoms with van der Waals surface area (Å²) < 4.78 is 5.64. The highest BCUT2D eigenvalue weighted by Gasteiger charge is 2.28. The maximum atomic E-state index is 12.8. The second-order valence-corrected chi connectivity index (χ2v) is 7.68. The molecule has 3 rings (SSSR count). The summed E-state index contributed by atoms with van der Waals surface area (Å²) in [7, 11) is 1.29. The largest absolute Gasteiger partial charge is 0.619 e. The zero-order valence-electron chi connectivity index (χ0n) is 18.4. The molecule has 0 aliphatic rings. The lowest BCUT2D eigenvalue weighted by molar-refractivity contribution is -0.605. The number of esters is 1. The smallest absolute Gasteiger partial charge is 0.311 e. The minimum absolute atomic E-state index is 0.266. The van der Waals surface area contributed by atoms with Crippen LogP contribution in [0.15, 0.2) is 73.1 Å². The third-order valence-electron chi connectivity index (χ3n) is 5.42. The lowest BCUT2D eigenvalue weighted by Gasteiger charge is -2.23. The Balaban J connectivity index is 1.72. The van der Waals surface area contributed by atoms with Crippen LogP contribution in [-0.2, 0) is 16.0 Å². The van der Waals surface area contributed by atoms with E-state index < -0.39 is 23.8 Å². The van der Waals surface area contributed by atoms with Crippen LogP contribution in [-0.4, -0.2) is 30.9 Å². The van der Waals surface area contributed by atoms with E-state index in [1.54, 1.807) is 67.6 Å². The van der Waals surface area contributed by atoms with Gasteiger partial charge in [-0.3, -0.25) is 14.4 Å². The molecule has 2 aromatic carbocycles. The van der Waals surface area contributed by atoms with Crippen LogP contribution in [0.4, 0.5) is 0 Å². The van der Waals surface area contributed by atoms with Crippen molar-refractivity contribution >= 4 is 17.8 Å². The molecule has 8 nitrogen and oxygen atoms in total. The SMILES string of the molecule is COC(=O)C(Cc1cccc(C(N)=O)c1)C(C)NC(=O)c1ccc(-c2cc[n+]([O-])cc2)cc1. The number of nitrogens with one attached hydrogen (secondary N) is 1. The van der Waals surface area contributed by atoms with Crippen molar-refractivity contribution in [2.45, 2.75) is 19.4 Å². The molecule has 170 valence electrons. The molecule has 0 aliphatic heterocycles. The second kappa shape index (κ2) is 10.4. The lowest BCUT2D eigenvalue weighted by atomic mass is 9.92. The van der Waals surface area contributed by atoms with Crippen molar-refractivity contribution < 1.29 is 23.9 Å². The van der Waals surface area contributed by atoms with Crippen LogP contribution in [0, 0.1) is 11.1 Å². The normalized spacial score (nSPS) is 12.4. The molecule has 2 unspecified atom stereocenters. The molecule has 0 saturated heterocycles. The first-order valence-corrected chi connectivity index (χ1v) is 10.3. The van der Waals surface area contributed by atoms with Crippen molar-refractivity contribution in [3.05, 3.63) is 95.0 Å². The number of pyridine rings is 1. The fourth-order valence-corrected chi connectivity index (χ4v) is 3.53. The number of ether oxygens (including phenoxy) is 1. The molecular formula is C25H25N3O5. The van der Waals surface area contributed by atoms with Gasteiger partial charge in [-0.05, 0) is 54.3 Å². The van der Waals surface area contributed by atoms with Crippen LogP contribution in [0.1, 0.15) is 33.2 Å². The Kier molecular flexibility index (Phi) is 7.40. The van der Waals surface area contributed by atoms with Gasteiger partial charge in [-0.15, -0.1) is 0 Å². The fraction of sp³-hybridized carbons (Fsp3) is 0.200. The van der Waals surface area contributed by atoms with Crippen LogP contribution in [0.5, 0.6) is 0 Å². The molecule has 0 fully saturated rings. The highest BCUT2D eigenvalue weighted by Crippen LogP contribution is 2.20. The number of benzene rings is 2. The maximum Gasteiger partial charge on any atom is 0.311 e. The second-order valence-electron chi connectivity index (χ2n) is 7.68. The third-order valence-corrected chi connectivity index (χ3v) is 5.42. The Hall–Kier alpha value is -4.20. The molecule has 1 heterocycles. The lowest BCUT2D eigenvalue weighted by Crippen LogP contribution is -2.42. The predicted molar refractivity (Wildman–Crippen MR) is 122 cm³/mol. The number of carbonyl (C=O) groups is 3. The van der Waals surface area contributed by atoms with Crippen LogP contribution in [0.25, 0.3) is 11.1 Å². The predicted octanol–water partition coefficient (Wildman–Crippen LogP) is 2.24. The number of rotatable bonds is 8. The summed E-state index contributed by atoms with van der Waals surface area (Å²) in [5.41, 5.74) is 8.56. The standard InChI is InChI=1S/C25H25N3O5/c1-16(22(25(31)33-2)15-17-4-3-5-21(14-17)23(26)29)27-24(30)20-8-6-18(7-9-20)19-10-12-28(32)13-11-19/h3-14,16,22H,15H2,1-2H3,(H2,26,29)(H,27,30). The average Bonchev–Trinajstić information content (AvgIpc) is 2.82. The molecule has 0 aliphatic carbocycles. The first-order valence-electron chi connectivity index (χ1n) is 10.3. The van der Waals surface area contributed by atoms with Gasteiger partial charge in [-0.25, -0.2) is 0 Å². The van der Waals surface area contributed by atoms with Gasteiger partial charge in [0.25, 0.3) is 5.91 Å². The van der Waals surface area contributed by atoms with E-state index >= 15 is 0 Å². The van der Waals surface area contributed by atoms with Crippen molar-refractivity contribution in [1.29, 1.82) is 0 Å². The molecular weight excluding hydrogens is 422 g/mol. The topological polar surface area (TPSA) is 125 Å². The molecule has 1 aromatic heterocycles. The number of primary amides is 1. The Bertz CT molecular complexity index is 1140. The fourth-order valence-electron chi connectivity index (χ4n) is 3.53. The molecule has 33 heavy (non-hydrogen) atoms.